The lowest BCUT2D eigenvalue weighted by atomic mass is 10.00. The Morgan fingerprint density at radius 3 is 2.78 bits per heavy atom. The summed E-state index contributed by atoms with van der Waals surface area (Å²) in [7, 11) is 0. The summed E-state index contributed by atoms with van der Waals surface area (Å²) in [5.74, 6) is 0. The molecule has 0 amide bonds. The van der Waals surface area contributed by atoms with Crippen molar-refractivity contribution in [3.63, 3.8) is 0 Å². The van der Waals surface area contributed by atoms with E-state index in [9.17, 15) is 0 Å². The van der Waals surface area contributed by atoms with Crippen molar-refractivity contribution < 1.29 is 4.74 Å². The van der Waals surface area contributed by atoms with Gasteiger partial charge in [0.15, 0.2) is 0 Å². The molecule has 0 fully saturated rings. The van der Waals surface area contributed by atoms with Gasteiger partial charge < -0.3 is 10.1 Å². The van der Waals surface area contributed by atoms with Crippen LogP contribution in [0.4, 0.5) is 0 Å². The topological polar surface area (TPSA) is 21.3 Å². The molecule has 0 aliphatic carbocycles. The van der Waals surface area contributed by atoms with Crippen LogP contribution in [0.3, 0.4) is 0 Å². The van der Waals surface area contributed by atoms with Crippen molar-refractivity contribution in [3.05, 3.63) is 47.0 Å². The SMILES string of the molecule is C=C(C)COCCNC(C)c1cc(C)ccc1C. The first-order valence-electron chi connectivity index (χ1n) is 6.53. The second kappa shape index (κ2) is 7.34. The number of hydrogen-bond acceptors (Lipinski definition) is 2. The Labute approximate surface area is 111 Å². The van der Waals surface area contributed by atoms with E-state index in [1.807, 2.05) is 6.92 Å². The number of ether oxygens (including phenoxy) is 1. The third kappa shape index (κ3) is 5.03. The van der Waals surface area contributed by atoms with E-state index >= 15 is 0 Å². The molecule has 0 spiro atoms. The molecule has 0 saturated carbocycles. The lowest BCUT2D eigenvalue weighted by Crippen LogP contribution is -2.24. The Kier molecular flexibility index (Phi) is 6.10. The Morgan fingerprint density at radius 1 is 1.39 bits per heavy atom. The first-order valence-corrected chi connectivity index (χ1v) is 6.53. The maximum Gasteiger partial charge on any atom is 0.0672 e. The average molecular weight is 247 g/mol. The second-order valence-electron chi connectivity index (χ2n) is 5.05. The molecule has 0 heterocycles. The fourth-order valence-corrected chi connectivity index (χ4v) is 1.93. The first kappa shape index (κ1) is 14.9. The Balaban J connectivity index is 2.38. The summed E-state index contributed by atoms with van der Waals surface area (Å²) in [5, 5.41) is 3.49. The van der Waals surface area contributed by atoms with Crippen LogP contribution in [0.2, 0.25) is 0 Å². The first-order chi connectivity index (χ1) is 8.50. The molecular formula is C16H25NO. The number of nitrogens with one attached hydrogen (secondary N) is 1. The number of benzene rings is 1. The molecule has 0 bridgehead atoms. The summed E-state index contributed by atoms with van der Waals surface area (Å²) < 4.78 is 5.47. The number of aryl methyl sites for hydroxylation is 2. The van der Waals surface area contributed by atoms with Gasteiger partial charge in [-0.3, -0.25) is 0 Å². The van der Waals surface area contributed by atoms with E-state index < -0.39 is 0 Å². The van der Waals surface area contributed by atoms with Crippen molar-refractivity contribution >= 4 is 0 Å². The molecule has 1 aromatic rings. The number of hydrogen-bond donors (Lipinski definition) is 1. The van der Waals surface area contributed by atoms with E-state index in [1.165, 1.54) is 16.7 Å². The zero-order valence-corrected chi connectivity index (χ0v) is 12.0. The lowest BCUT2D eigenvalue weighted by molar-refractivity contribution is 0.156. The van der Waals surface area contributed by atoms with E-state index in [4.69, 9.17) is 4.74 Å². The predicted molar refractivity (Wildman–Crippen MR) is 78.0 cm³/mol. The molecular weight excluding hydrogens is 222 g/mol. The van der Waals surface area contributed by atoms with E-state index in [1.54, 1.807) is 0 Å². The molecule has 0 aliphatic rings. The minimum absolute atomic E-state index is 0.360. The van der Waals surface area contributed by atoms with Gasteiger partial charge in [-0.25, -0.2) is 0 Å². The van der Waals surface area contributed by atoms with Crippen molar-refractivity contribution in [2.24, 2.45) is 0 Å². The van der Waals surface area contributed by atoms with Crippen LogP contribution >= 0.6 is 0 Å². The molecule has 1 unspecified atom stereocenters. The minimum atomic E-state index is 0.360. The Morgan fingerprint density at radius 2 is 2.11 bits per heavy atom. The summed E-state index contributed by atoms with van der Waals surface area (Å²) in [5.41, 5.74) is 5.08. The van der Waals surface area contributed by atoms with Crippen LogP contribution in [0, 0.1) is 13.8 Å². The zero-order valence-electron chi connectivity index (χ0n) is 12.0. The van der Waals surface area contributed by atoms with Crippen molar-refractivity contribution in [3.8, 4) is 0 Å². The summed E-state index contributed by atoms with van der Waals surface area (Å²) in [4.78, 5) is 0. The molecule has 1 N–H and O–H groups in total. The fourth-order valence-electron chi connectivity index (χ4n) is 1.93. The van der Waals surface area contributed by atoms with Gasteiger partial charge in [-0.1, -0.05) is 35.9 Å². The molecule has 18 heavy (non-hydrogen) atoms. The maximum absolute atomic E-state index is 5.47. The van der Waals surface area contributed by atoms with Crippen molar-refractivity contribution in [1.29, 1.82) is 0 Å². The van der Waals surface area contributed by atoms with Gasteiger partial charge in [-0.2, -0.15) is 0 Å². The molecule has 0 saturated heterocycles. The smallest absolute Gasteiger partial charge is 0.0672 e. The van der Waals surface area contributed by atoms with Gasteiger partial charge in [0.1, 0.15) is 0 Å². The van der Waals surface area contributed by atoms with E-state index in [-0.39, 0.29) is 0 Å². The van der Waals surface area contributed by atoms with Gasteiger partial charge in [0.25, 0.3) is 0 Å². The zero-order chi connectivity index (χ0) is 13.5. The summed E-state index contributed by atoms with van der Waals surface area (Å²) in [6, 6.07) is 6.95. The Bertz CT molecular complexity index is 398. The molecule has 2 heteroatoms. The van der Waals surface area contributed by atoms with Crippen LogP contribution in [-0.4, -0.2) is 19.8 Å². The molecule has 1 rings (SSSR count). The monoisotopic (exact) mass is 247 g/mol. The molecule has 0 aliphatic heterocycles. The maximum atomic E-state index is 5.47. The third-order valence-corrected chi connectivity index (χ3v) is 2.95. The van der Waals surface area contributed by atoms with Crippen LogP contribution in [0.5, 0.6) is 0 Å². The van der Waals surface area contributed by atoms with Crippen LogP contribution in [0.15, 0.2) is 30.4 Å². The van der Waals surface area contributed by atoms with Gasteiger partial charge in [-0.15, -0.1) is 0 Å². The Hall–Kier alpha value is -1.12. The van der Waals surface area contributed by atoms with Crippen molar-refractivity contribution in [1.82, 2.24) is 5.32 Å². The molecule has 2 nitrogen and oxygen atoms in total. The molecule has 0 radical (unpaired) electrons. The molecule has 1 aromatic carbocycles. The quantitative estimate of drug-likeness (QED) is 0.588. The van der Waals surface area contributed by atoms with Gasteiger partial charge in [0, 0.05) is 12.6 Å². The number of rotatable bonds is 7. The standard InChI is InChI=1S/C16H25NO/c1-12(2)11-18-9-8-17-15(5)16-10-13(3)6-7-14(16)4/h6-7,10,15,17H,1,8-9,11H2,2-5H3. The highest BCUT2D eigenvalue weighted by Gasteiger charge is 2.07. The van der Waals surface area contributed by atoms with Crippen LogP contribution in [-0.2, 0) is 4.74 Å². The van der Waals surface area contributed by atoms with Gasteiger partial charge >= 0.3 is 0 Å². The van der Waals surface area contributed by atoms with Gasteiger partial charge in [0.2, 0.25) is 0 Å². The molecule has 0 aromatic heterocycles. The van der Waals surface area contributed by atoms with Crippen LogP contribution < -0.4 is 5.32 Å². The summed E-state index contributed by atoms with van der Waals surface area (Å²) in [6.45, 7) is 14.5. The normalized spacial score (nSPS) is 12.4. The lowest BCUT2D eigenvalue weighted by Gasteiger charge is -2.17. The summed E-state index contributed by atoms with van der Waals surface area (Å²) in [6.07, 6.45) is 0. The van der Waals surface area contributed by atoms with Crippen LogP contribution in [0.25, 0.3) is 0 Å². The van der Waals surface area contributed by atoms with Crippen molar-refractivity contribution in [2.75, 3.05) is 19.8 Å². The highest BCUT2D eigenvalue weighted by molar-refractivity contribution is 5.32. The summed E-state index contributed by atoms with van der Waals surface area (Å²) >= 11 is 0. The molecule has 1 atom stereocenters. The highest BCUT2D eigenvalue weighted by atomic mass is 16.5. The van der Waals surface area contributed by atoms with E-state index in [2.05, 4.69) is 50.9 Å². The van der Waals surface area contributed by atoms with Crippen LogP contribution in [0.1, 0.15) is 36.6 Å². The average Bonchev–Trinajstić information content (AvgIpc) is 2.31. The van der Waals surface area contributed by atoms with Gasteiger partial charge in [0.05, 0.1) is 13.2 Å². The van der Waals surface area contributed by atoms with E-state index in [0.717, 1.165) is 18.7 Å². The largest absolute Gasteiger partial charge is 0.376 e. The second-order valence-corrected chi connectivity index (χ2v) is 5.05. The highest BCUT2D eigenvalue weighted by Crippen LogP contribution is 2.18. The van der Waals surface area contributed by atoms with Gasteiger partial charge in [-0.05, 0) is 38.8 Å². The molecule has 100 valence electrons. The minimum Gasteiger partial charge on any atom is -0.376 e. The third-order valence-electron chi connectivity index (χ3n) is 2.95. The van der Waals surface area contributed by atoms with E-state index in [0.29, 0.717) is 12.6 Å². The van der Waals surface area contributed by atoms with Crippen molar-refractivity contribution in [2.45, 2.75) is 33.7 Å². The predicted octanol–water partition coefficient (Wildman–Crippen LogP) is 3.55. The fraction of sp³-hybridized carbons (Fsp3) is 0.500.